The summed E-state index contributed by atoms with van der Waals surface area (Å²) in [6, 6.07) is 6.95. The molecule has 0 atom stereocenters. The molecule has 2 aromatic heterocycles. The molecule has 1 amide bonds. The lowest BCUT2D eigenvalue weighted by Gasteiger charge is -2.04. The number of hydrogen-bond donors (Lipinski definition) is 2. The van der Waals surface area contributed by atoms with Crippen molar-refractivity contribution in [2.45, 2.75) is 0 Å². The number of aromatic nitrogens is 3. The van der Waals surface area contributed by atoms with E-state index in [0.29, 0.717) is 22.5 Å². The first-order valence-electron chi connectivity index (χ1n) is 5.68. The molecule has 94 valence electrons. The minimum absolute atomic E-state index is 0.229. The zero-order valence-electron chi connectivity index (χ0n) is 9.95. The average Bonchev–Trinajstić information content (AvgIpc) is 2.85. The van der Waals surface area contributed by atoms with Crippen molar-refractivity contribution >= 4 is 22.8 Å². The molecule has 19 heavy (non-hydrogen) atoms. The fourth-order valence-corrected chi connectivity index (χ4v) is 1.77. The number of carbonyl (C=O) groups is 1. The second-order valence-corrected chi connectivity index (χ2v) is 4.04. The summed E-state index contributed by atoms with van der Waals surface area (Å²) in [4.78, 5) is 16.1. The Morgan fingerprint density at radius 3 is 2.79 bits per heavy atom. The first-order valence-corrected chi connectivity index (χ1v) is 5.68. The van der Waals surface area contributed by atoms with Gasteiger partial charge in [0.25, 0.3) is 5.91 Å². The van der Waals surface area contributed by atoms with Crippen molar-refractivity contribution in [1.82, 2.24) is 14.6 Å². The number of benzene rings is 1. The number of amides is 1. The first-order chi connectivity index (χ1) is 9.24. The van der Waals surface area contributed by atoms with Crippen LogP contribution in [-0.2, 0) is 0 Å². The van der Waals surface area contributed by atoms with E-state index in [0.717, 1.165) is 0 Å². The third-order valence-corrected chi connectivity index (χ3v) is 2.74. The van der Waals surface area contributed by atoms with E-state index in [1.165, 1.54) is 6.20 Å². The van der Waals surface area contributed by atoms with E-state index >= 15 is 0 Å². The zero-order chi connectivity index (χ0) is 13.2. The molecule has 6 heteroatoms. The highest BCUT2D eigenvalue weighted by atomic mass is 16.1. The van der Waals surface area contributed by atoms with E-state index < -0.39 is 0 Å². The summed E-state index contributed by atoms with van der Waals surface area (Å²) in [5, 5.41) is 6.88. The summed E-state index contributed by atoms with van der Waals surface area (Å²) in [6.45, 7) is 0. The lowest BCUT2D eigenvalue weighted by Crippen LogP contribution is -2.11. The van der Waals surface area contributed by atoms with Crippen LogP contribution in [0.2, 0.25) is 0 Å². The molecule has 2 heterocycles. The summed E-state index contributed by atoms with van der Waals surface area (Å²) in [6.07, 6.45) is 6.42. The quantitative estimate of drug-likeness (QED) is 0.679. The highest BCUT2D eigenvalue weighted by Crippen LogP contribution is 2.14. The number of carbonyl (C=O) groups excluding carboxylic acids is 1. The smallest absolute Gasteiger partial charge is 0.259 e. The van der Waals surface area contributed by atoms with Crippen LogP contribution in [0.3, 0.4) is 0 Å². The maximum absolute atomic E-state index is 12.2. The van der Waals surface area contributed by atoms with Crippen LogP contribution in [0.15, 0.2) is 49.1 Å². The van der Waals surface area contributed by atoms with Crippen LogP contribution in [0, 0.1) is 0 Å². The number of rotatable bonds is 2. The minimum Gasteiger partial charge on any atom is -0.399 e. The molecule has 0 bridgehead atoms. The molecule has 0 aliphatic rings. The van der Waals surface area contributed by atoms with Gasteiger partial charge in [0, 0.05) is 23.8 Å². The van der Waals surface area contributed by atoms with Crippen molar-refractivity contribution in [3.05, 3.63) is 54.6 Å². The monoisotopic (exact) mass is 253 g/mol. The van der Waals surface area contributed by atoms with Crippen LogP contribution in [0.5, 0.6) is 0 Å². The molecule has 3 N–H and O–H groups in total. The van der Waals surface area contributed by atoms with Crippen molar-refractivity contribution in [3.8, 4) is 0 Å². The Labute approximate surface area is 108 Å². The fraction of sp³-hybridized carbons (Fsp3) is 0. The lowest BCUT2D eigenvalue weighted by atomic mass is 10.2. The van der Waals surface area contributed by atoms with Gasteiger partial charge in [-0.3, -0.25) is 9.78 Å². The van der Waals surface area contributed by atoms with Crippen LogP contribution >= 0.6 is 0 Å². The Balaban J connectivity index is 1.90. The number of nitrogens with two attached hydrogens (primary N) is 1. The second-order valence-electron chi connectivity index (χ2n) is 4.04. The van der Waals surface area contributed by atoms with Gasteiger partial charge in [0.05, 0.1) is 23.5 Å². The molecule has 0 aliphatic carbocycles. The van der Waals surface area contributed by atoms with Gasteiger partial charge in [-0.15, -0.1) is 0 Å². The van der Waals surface area contributed by atoms with Gasteiger partial charge in [-0.1, -0.05) is 0 Å². The van der Waals surface area contributed by atoms with Gasteiger partial charge in [0.1, 0.15) is 0 Å². The maximum atomic E-state index is 12.2. The molecule has 0 saturated heterocycles. The Morgan fingerprint density at radius 1 is 1.21 bits per heavy atom. The van der Waals surface area contributed by atoms with Gasteiger partial charge in [-0.2, -0.15) is 5.10 Å². The molecular formula is C13H11N5O. The highest BCUT2D eigenvalue weighted by Gasteiger charge is 2.12. The van der Waals surface area contributed by atoms with E-state index in [1.54, 1.807) is 47.4 Å². The largest absolute Gasteiger partial charge is 0.399 e. The van der Waals surface area contributed by atoms with E-state index in [2.05, 4.69) is 15.4 Å². The summed E-state index contributed by atoms with van der Waals surface area (Å²) in [5.74, 6) is -0.229. The standard InChI is InChI=1S/C13H11N5O/c14-9-1-3-10(4-2-9)17-13(19)11-7-16-18-6-5-15-8-12(11)18/h1-8H,14H2,(H,17,19). The van der Waals surface area contributed by atoms with E-state index in [4.69, 9.17) is 5.73 Å². The number of hydrogen-bond acceptors (Lipinski definition) is 4. The number of anilines is 2. The molecule has 0 fully saturated rings. The number of nitrogens with zero attached hydrogens (tertiary/aromatic N) is 3. The predicted octanol–water partition coefficient (Wildman–Crippen LogP) is 1.56. The van der Waals surface area contributed by atoms with Crippen LogP contribution in [0.25, 0.3) is 5.52 Å². The maximum Gasteiger partial charge on any atom is 0.259 e. The van der Waals surface area contributed by atoms with Gasteiger partial charge >= 0.3 is 0 Å². The van der Waals surface area contributed by atoms with Crippen molar-refractivity contribution < 1.29 is 4.79 Å². The van der Waals surface area contributed by atoms with Gasteiger partial charge in [0.2, 0.25) is 0 Å². The Hall–Kier alpha value is -2.89. The molecular weight excluding hydrogens is 242 g/mol. The SMILES string of the molecule is Nc1ccc(NC(=O)c2cnn3ccncc23)cc1. The number of nitrogen functional groups attached to an aromatic ring is 1. The molecule has 0 radical (unpaired) electrons. The Bertz CT molecular complexity index is 732. The Morgan fingerprint density at radius 2 is 2.00 bits per heavy atom. The van der Waals surface area contributed by atoms with Gasteiger partial charge in [0.15, 0.2) is 0 Å². The van der Waals surface area contributed by atoms with E-state index in [1.807, 2.05) is 0 Å². The van der Waals surface area contributed by atoms with Crippen LogP contribution in [0.4, 0.5) is 11.4 Å². The molecule has 1 aromatic carbocycles. The normalized spacial score (nSPS) is 10.5. The van der Waals surface area contributed by atoms with E-state index in [-0.39, 0.29) is 5.91 Å². The number of nitrogens with one attached hydrogen (secondary N) is 1. The summed E-state index contributed by atoms with van der Waals surface area (Å²) < 4.78 is 1.60. The zero-order valence-corrected chi connectivity index (χ0v) is 9.95. The average molecular weight is 253 g/mol. The van der Waals surface area contributed by atoms with Crippen molar-refractivity contribution in [1.29, 1.82) is 0 Å². The molecule has 3 aromatic rings. The molecule has 3 rings (SSSR count). The van der Waals surface area contributed by atoms with Gasteiger partial charge in [-0.05, 0) is 24.3 Å². The summed E-state index contributed by atoms with van der Waals surface area (Å²) in [7, 11) is 0. The Kier molecular flexibility index (Phi) is 2.60. The van der Waals surface area contributed by atoms with Crippen molar-refractivity contribution in [2.24, 2.45) is 0 Å². The minimum atomic E-state index is -0.229. The molecule has 0 saturated carbocycles. The van der Waals surface area contributed by atoms with Crippen LogP contribution < -0.4 is 11.1 Å². The van der Waals surface area contributed by atoms with E-state index in [9.17, 15) is 4.79 Å². The van der Waals surface area contributed by atoms with Gasteiger partial charge in [-0.25, -0.2) is 4.52 Å². The molecule has 0 aliphatic heterocycles. The second kappa shape index (κ2) is 4.41. The highest BCUT2D eigenvalue weighted by molar-refractivity contribution is 6.08. The molecule has 6 nitrogen and oxygen atoms in total. The van der Waals surface area contributed by atoms with Crippen molar-refractivity contribution in [2.75, 3.05) is 11.1 Å². The lowest BCUT2D eigenvalue weighted by molar-refractivity contribution is 0.102. The van der Waals surface area contributed by atoms with Crippen molar-refractivity contribution in [3.63, 3.8) is 0 Å². The molecule has 0 unspecified atom stereocenters. The number of fused-ring (bicyclic) bond motifs is 1. The van der Waals surface area contributed by atoms with Crippen LogP contribution in [-0.4, -0.2) is 20.5 Å². The first kappa shape index (κ1) is 11.2. The third-order valence-electron chi connectivity index (χ3n) is 2.74. The summed E-state index contributed by atoms with van der Waals surface area (Å²) >= 11 is 0. The topological polar surface area (TPSA) is 85.3 Å². The summed E-state index contributed by atoms with van der Waals surface area (Å²) in [5.41, 5.74) is 8.07. The van der Waals surface area contributed by atoms with Crippen LogP contribution in [0.1, 0.15) is 10.4 Å². The predicted molar refractivity (Wildman–Crippen MR) is 71.8 cm³/mol. The molecule has 0 spiro atoms. The third kappa shape index (κ3) is 2.11. The van der Waals surface area contributed by atoms with Gasteiger partial charge < -0.3 is 11.1 Å². The fourth-order valence-electron chi connectivity index (χ4n) is 1.77.